The van der Waals surface area contributed by atoms with Crippen molar-refractivity contribution in [2.24, 2.45) is 11.1 Å². The van der Waals surface area contributed by atoms with Crippen molar-refractivity contribution < 1.29 is 18.3 Å². The van der Waals surface area contributed by atoms with E-state index in [9.17, 15) is 13.6 Å². The van der Waals surface area contributed by atoms with Crippen LogP contribution in [0.25, 0.3) is 0 Å². The molecule has 2 atom stereocenters. The molecule has 0 unspecified atom stereocenters. The fourth-order valence-electron chi connectivity index (χ4n) is 1.56. The molecule has 0 aromatic heterocycles. The number of hydrogen-bond acceptors (Lipinski definition) is 4. The molecule has 20 heavy (non-hydrogen) atoms. The minimum Gasteiger partial charge on any atom is -0.468 e. The highest BCUT2D eigenvalue weighted by molar-refractivity contribution is 7.99. The van der Waals surface area contributed by atoms with Gasteiger partial charge in [0.25, 0.3) is 0 Å². The van der Waals surface area contributed by atoms with Gasteiger partial charge in [-0.25, -0.2) is 8.78 Å². The van der Waals surface area contributed by atoms with E-state index in [-0.39, 0.29) is 5.75 Å². The van der Waals surface area contributed by atoms with E-state index < -0.39 is 23.9 Å². The monoisotopic (exact) mass is 303 g/mol. The van der Waals surface area contributed by atoms with E-state index in [4.69, 9.17) is 5.73 Å². The Morgan fingerprint density at radius 1 is 1.40 bits per heavy atom. The second kappa shape index (κ2) is 7.04. The van der Waals surface area contributed by atoms with Gasteiger partial charge in [0.05, 0.1) is 12.5 Å². The molecule has 1 rings (SSSR count). The molecule has 0 aliphatic carbocycles. The lowest BCUT2D eigenvalue weighted by Crippen LogP contribution is -2.51. The number of ether oxygens (including phenoxy) is 1. The molecule has 0 aliphatic rings. The third-order valence-electron chi connectivity index (χ3n) is 3.23. The van der Waals surface area contributed by atoms with Crippen LogP contribution in [0.5, 0.6) is 0 Å². The molecule has 0 fully saturated rings. The number of alkyl halides is 2. The molecular weight excluding hydrogens is 284 g/mol. The Morgan fingerprint density at radius 3 is 2.40 bits per heavy atom. The summed E-state index contributed by atoms with van der Waals surface area (Å²) in [6.45, 7) is 3.26. The first-order valence-corrected chi connectivity index (χ1v) is 7.11. The van der Waals surface area contributed by atoms with Gasteiger partial charge in [0.15, 0.2) is 0 Å². The van der Waals surface area contributed by atoms with E-state index in [1.165, 1.54) is 18.7 Å². The number of carbonyl (C=O) groups is 1. The SMILES string of the molecule is COC(=O)[C@@H](N)[C@@](C)(CSc1ccc(C)cc1)C(F)F. The molecule has 0 amide bonds. The zero-order valence-corrected chi connectivity index (χ0v) is 12.5. The van der Waals surface area contributed by atoms with Crippen LogP contribution < -0.4 is 5.73 Å². The Labute approximate surface area is 121 Å². The van der Waals surface area contributed by atoms with E-state index in [1.54, 1.807) is 0 Å². The van der Waals surface area contributed by atoms with Crippen molar-refractivity contribution in [3.8, 4) is 0 Å². The summed E-state index contributed by atoms with van der Waals surface area (Å²) in [5, 5.41) is 0. The lowest BCUT2D eigenvalue weighted by atomic mass is 9.85. The van der Waals surface area contributed by atoms with E-state index in [2.05, 4.69) is 4.74 Å². The molecule has 3 nitrogen and oxygen atoms in total. The van der Waals surface area contributed by atoms with Crippen LogP contribution in [0.1, 0.15) is 12.5 Å². The maximum absolute atomic E-state index is 13.3. The van der Waals surface area contributed by atoms with Crippen molar-refractivity contribution in [2.75, 3.05) is 12.9 Å². The standard InChI is InChI=1S/C14H19F2NO2S/c1-9-4-6-10(7-5-9)20-8-14(2,13(15)16)11(17)12(18)19-3/h4-7,11,13H,8,17H2,1-3H3/t11-,14-/m1/s1. The number of halogens is 2. The highest BCUT2D eigenvalue weighted by Gasteiger charge is 2.45. The van der Waals surface area contributed by atoms with Crippen molar-refractivity contribution in [2.45, 2.75) is 31.2 Å². The third-order valence-corrected chi connectivity index (χ3v) is 4.61. The number of rotatable bonds is 6. The molecule has 6 heteroatoms. The maximum Gasteiger partial charge on any atom is 0.323 e. The molecule has 0 saturated heterocycles. The molecule has 112 valence electrons. The molecular formula is C14H19F2NO2S. The number of aryl methyl sites for hydroxylation is 1. The van der Waals surface area contributed by atoms with Gasteiger partial charge in [-0.2, -0.15) is 0 Å². The Bertz CT molecular complexity index is 453. The second-order valence-corrected chi connectivity index (χ2v) is 5.96. The second-order valence-electron chi connectivity index (χ2n) is 4.91. The van der Waals surface area contributed by atoms with Crippen LogP contribution in [-0.2, 0) is 9.53 Å². The maximum atomic E-state index is 13.3. The Hall–Kier alpha value is -1.14. The smallest absolute Gasteiger partial charge is 0.323 e. The molecule has 0 saturated carbocycles. The fourth-order valence-corrected chi connectivity index (χ4v) is 2.67. The van der Waals surface area contributed by atoms with E-state index >= 15 is 0 Å². The van der Waals surface area contributed by atoms with Crippen LogP contribution in [0.4, 0.5) is 8.78 Å². The number of nitrogens with two attached hydrogens (primary N) is 1. The van der Waals surface area contributed by atoms with Gasteiger partial charge in [0.2, 0.25) is 6.43 Å². The van der Waals surface area contributed by atoms with Gasteiger partial charge in [-0.1, -0.05) is 24.6 Å². The zero-order chi connectivity index (χ0) is 15.3. The molecule has 0 radical (unpaired) electrons. The predicted octanol–water partition coefficient (Wildman–Crippen LogP) is 2.86. The fraction of sp³-hybridized carbons (Fsp3) is 0.500. The summed E-state index contributed by atoms with van der Waals surface area (Å²) in [7, 11) is 1.14. The zero-order valence-electron chi connectivity index (χ0n) is 11.7. The predicted molar refractivity (Wildman–Crippen MR) is 76.0 cm³/mol. The number of esters is 1. The van der Waals surface area contributed by atoms with Gasteiger partial charge < -0.3 is 10.5 Å². The summed E-state index contributed by atoms with van der Waals surface area (Å²) in [5.41, 5.74) is 5.09. The molecule has 0 heterocycles. The molecule has 1 aromatic carbocycles. The van der Waals surface area contributed by atoms with E-state index in [0.29, 0.717) is 0 Å². The van der Waals surface area contributed by atoms with Crippen LogP contribution in [0.15, 0.2) is 29.2 Å². The van der Waals surface area contributed by atoms with Crippen LogP contribution in [0.2, 0.25) is 0 Å². The Kier molecular flexibility index (Phi) is 5.95. The van der Waals surface area contributed by atoms with E-state index in [0.717, 1.165) is 17.6 Å². The van der Waals surface area contributed by atoms with Crippen molar-refractivity contribution in [1.82, 2.24) is 0 Å². The van der Waals surface area contributed by atoms with Crippen LogP contribution in [-0.4, -0.2) is 31.3 Å². The average Bonchev–Trinajstić information content (AvgIpc) is 2.44. The van der Waals surface area contributed by atoms with Crippen LogP contribution in [0.3, 0.4) is 0 Å². The summed E-state index contributed by atoms with van der Waals surface area (Å²) >= 11 is 1.25. The molecule has 2 N–H and O–H groups in total. The summed E-state index contributed by atoms with van der Waals surface area (Å²) in [5.74, 6) is -0.790. The third kappa shape index (κ3) is 3.93. The highest BCUT2D eigenvalue weighted by atomic mass is 32.2. The van der Waals surface area contributed by atoms with Gasteiger partial charge in [0.1, 0.15) is 6.04 Å². The molecule has 0 bridgehead atoms. The molecule has 0 aliphatic heterocycles. The lowest BCUT2D eigenvalue weighted by Gasteiger charge is -2.32. The van der Waals surface area contributed by atoms with Crippen LogP contribution >= 0.6 is 11.8 Å². The van der Waals surface area contributed by atoms with Crippen molar-refractivity contribution in [3.63, 3.8) is 0 Å². The molecule has 0 spiro atoms. The number of carbonyl (C=O) groups excluding carboxylic acids is 1. The minimum absolute atomic E-state index is 0.0317. The van der Waals surface area contributed by atoms with Gasteiger partial charge in [-0.15, -0.1) is 11.8 Å². The van der Waals surface area contributed by atoms with Crippen LogP contribution in [0, 0.1) is 12.3 Å². The Morgan fingerprint density at radius 2 is 1.95 bits per heavy atom. The summed E-state index contributed by atoms with van der Waals surface area (Å²) < 4.78 is 31.1. The normalized spacial score (nSPS) is 15.8. The van der Waals surface area contributed by atoms with Crippen molar-refractivity contribution in [3.05, 3.63) is 29.8 Å². The highest BCUT2D eigenvalue weighted by Crippen LogP contribution is 2.36. The Balaban J connectivity index is 2.81. The summed E-state index contributed by atoms with van der Waals surface area (Å²) in [6, 6.07) is 6.17. The lowest BCUT2D eigenvalue weighted by molar-refractivity contribution is -0.148. The minimum atomic E-state index is -2.71. The largest absolute Gasteiger partial charge is 0.468 e. The first kappa shape index (κ1) is 16.9. The van der Waals surface area contributed by atoms with Gasteiger partial charge in [0, 0.05) is 10.6 Å². The quantitative estimate of drug-likeness (QED) is 0.648. The number of hydrogen-bond donors (Lipinski definition) is 1. The number of thioether (sulfide) groups is 1. The van der Waals surface area contributed by atoms with Crippen molar-refractivity contribution in [1.29, 1.82) is 0 Å². The van der Waals surface area contributed by atoms with Gasteiger partial charge in [-0.3, -0.25) is 4.79 Å². The van der Waals surface area contributed by atoms with E-state index in [1.807, 2.05) is 31.2 Å². The summed E-state index contributed by atoms with van der Waals surface area (Å²) in [6.07, 6.45) is -2.71. The molecule has 1 aromatic rings. The first-order valence-electron chi connectivity index (χ1n) is 6.12. The van der Waals surface area contributed by atoms with Gasteiger partial charge >= 0.3 is 5.97 Å². The van der Waals surface area contributed by atoms with Gasteiger partial charge in [-0.05, 0) is 19.1 Å². The topological polar surface area (TPSA) is 52.3 Å². The first-order chi connectivity index (χ1) is 9.31. The number of methoxy groups -OCH3 is 1. The van der Waals surface area contributed by atoms with Crippen molar-refractivity contribution >= 4 is 17.7 Å². The average molecular weight is 303 g/mol. The number of benzene rings is 1. The summed E-state index contributed by atoms with van der Waals surface area (Å²) in [4.78, 5) is 12.3.